The Hall–Kier alpha value is -3.06. The predicted molar refractivity (Wildman–Crippen MR) is 135 cm³/mol. The molecule has 0 aliphatic carbocycles. The van der Waals surface area contributed by atoms with E-state index in [2.05, 4.69) is 16.9 Å². The molecule has 7 nitrogen and oxygen atoms in total. The largest absolute Gasteiger partial charge is 0.444 e. The number of nitrogens with zero attached hydrogens (tertiary/aromatic N) is 3. The fourth-order valence-electron chi connectivity index (χ4n) is 4.83. The van der Waals surface area contributed by atoms with Gasteiger partial charge in [-0.05, 0) is 64.8 Å². The molecule has 0 radical (unpaired) electrons. The summed E-state index contributed by atoms with van der Waals surface area (Å²) in [6.45, 7) is 7.69. The van der Waals surface area contributed by atoms with Gasteiger partial charge in [0, 0.05) is 31.7 Å². The van der Waals surface area contributed by atoms with E-state index in [0.29, 0.717) is 13.1 Å². The van der Waals surface area contributed by atoms with E-state index in [4.69, 9.17) is 4.74 Å². The van der Waals surface area contributed by atoms with Crippen LogP contribution in [0.25, 0.3) is 11.0 Å². The number of carbonyl (C=O) groups excluding carboxylic acids is 1. The van der Waals surface area contributed by atoms with Crippen molar-refractivity contribution in [3.63, 3.8) is 0 Å². The van der Waals surface area contributed by atoms with Crippen molar-refractivity contribution in [3.8, 4) is 0 Å². The van der Waals surface area contributed by atoms with Gasteiger partial charge < -0.3 is 19.5 Å². The number of para-hydroxylation sites is 2. The van der Waals surface area contributed by atoms with E-state index < -0.39 is 5.60 Å². The van der Waals surface area contributed by atoms with E-state index in [9.17, 15) is 9.59 Å². The van der Waals surface area contributed by atoms with Crippen LogP contribution in [0.5, 0.6) is 0 Å². The Bertz CT molecular complexity index is 1160. The number of benzene rings is 2. The van der Waals surface area contributed by atoms with Crippen LogP contribution in [0.4, 0.5) is 4.79 Å². The number of rotatable bonds is 6. The van der Waals surface area contributed by atoms with Crippen LogP contribution in [-0.2, 0) is 11.3 Å². The Morgan fingerprint density at radius 3 is 2.56 bits per heavy atom. The zero-order valence-corrected chi connectivity index (χ0v) is 20.7. The Morgan fingerprint density at radius 2 is 1.82 bits per heavy atom. The molecule has 3 aromatic rings. The second kappa shape index (κ2) is 10.1. The van der Waals surface area contributed by atoms with E-state index in [1.54, 1.807) is 4.90 Å². The van der Waals surface area contributed by atoms with Crippen LogP contribution in [0.1, 0.15) is 51.6 Å². The molecule has 1 fully saturated rings. The summed E-state index contributed by atoms with van der Waals surface area (Å²) in [5.74, 6) is 0. The summed E-state index contributed by atoms with van der Waals surface area (Å²) < 4.78 is 7.63. The van der Waals surface area contributed by atoms with Gasteiger partial charge in [0.05, 0.1) is 11.0 Å². The Labute approximate surface area is 201 Å². The Morgan fingerprint density at radius 1 is 1.12 bits per heavy atom. The van der Waals surface area contributed by atoms with Gasteiger partial charge in [0.1, 0.15) is 5.60 Å². The number of piperidine rings is 1. The highest BCUT2D eigenvalue weighted by Crippen LogP contribution is 2.29. The normalized spacial score (nSPS) is 19.3. The number of hydrogen-bond donors (Lipinski definition) is 1. The van der Waals surface area contributed by atoms with Crippen molar-refractivity contribution in [1.82, 2.24) is 19.4 Å². The van der Waals surface area contributed by atoms with Crippen molar-refractivity contribution in [3.05, 3.63) is 70.6 Å². The summed E-state index contributed by atoms with van der Waals surface area (Å²) in [7, 11) is 2.13. The van der Waals surface area contributed by atoms with Crippen molar-refractivity contribution < 1.29 is 9.53 Å². The molecular formula is C27H36N4O3. The maximum Gasteiger partial charge on any atom is 0.410 e. The van der Waals surface area contributed by atoms with Crippen molar-refractivity contribution >= 4 is 17.1 Å². The molecule has 1 amide bonds. The Balaban J connectivity index is 1.48. The molecule has 182 valence electrons. The number of amides is 1. The van der Waals surface area contributed by atoms with Gasteiger partial charge in [-0.25, -0.2) is 9.59 Å². The topological polar surface area (TPSA) is 70.6 Å². The minimum absolute atomic E-state index is 0.0473. The summed E-state index contributed by atoms with van der Waals surface area (Å²) in [6, 6.07) is 18.3. The quantitative estimate of drug-likeness (QED) is 0.569. The molecule has 1 saturated heterocycles. The number of nitrogens with one attached hydrogen (secondary N) is 1. The number of aromatic nitrogens is 2. The van der Waals surface area contributed by atoms with Crippen LogP contribution in [0.15, 0.2) is 59.4 Å². The average molecular weight is 465 g/mol. The second-order valence-electron chi connectivity index (χ2n) is 10.3. The third kappa shape index (κ3) is 5.70. The lowest BCUT2D eigenvalue weighted by Crippen LogP contribution is -2.44. The highest BCUT2D eigenvalue weighted by Gasteiger charge is 2.30. The van der Waals surface area contributed by atoms with Crippen molar-refractivity contribution in [2.75, 3.05) is 20.1 Å². The first-order chi connectivity index (χ1) is 16.2. The molecule has 1 aliphatic rings. The molecule has 7 heteroatoms. The molecule has 2 aromatic carbocycles. The fraction of sp³-hybridized carbons (Fsp3) is 0.481. The number of fused-ring (bicyclic) bond motifs is 1. The number of H-pyrrole nitrogens is 1. The van der Waals surface area contributed by atoms with Crippen LogP contribution in [0.3, 0.4) is 0 Å². The SMILES string of the molecule is CN1CCC(n2c(=O)[nH]c3ccccc32)CC1CCN(Cc1ccccc1)C(=O)OC(C)(C)C. The zero-order valence-electron chi connectivity index (χ0n) is 20.7. The van der Waals surface area contributed by atoms with Gasteiger partial charge in [0.2, 0.25) is 0 Å². The molecule has 1 aromatic heterocycles. The molecule has 4 rings (SSSR count). The predicted octanol–water partition coefficient (Wildman–Crippen LogP) is 4.79. The first-order valence-electron chi connectivity index (χ1n) is 12.1. The molecule has 2 atom stereocenters. The maximum atomic E-state index is 13.0. The third-order valence-electron chi connectivity index (χ3n) is 6.57. The van der Waals surface area contributed by atoms with Gasteiger partial charge in [-0.3, -0.25) is 4.57 Å². The molecular weight excluding hydrogens is 428 g/mol. The van der Waals surface area contributed by atoms with Crippen molar-refractivity contribution in [2.24, 2.45) is 0 Å². The number of carbonyl (C=O) groups is 1. The number of ether oxygens (including phenoxy) is 1. The van der Waals surface area contributed by atoms with Gasteiger partial charge >= 0.3 is 11.8 Å². The summed E-state index contributed by atoms with van der Waals surface area (Å²) in [4.78, 5) is 32.9. The monoisotopic (exact) mass is 464 g/mol. The van der Waals surface area contributed by atoms with E-state index in [-0.39, 0.29) is 23.9 Å². The highest BCUT2D eigenvalue weighted by atomic mass is 16.6. The van der Waals surface area contributed by atoms with E-state index >= 15 is 0 Å². The smallest absolute Gasteiger partial charge is 0.410 e. The van der Waals surface area contributed by atoms with Gasteiger partial charge in [-0.15, -0.1) is 0 Å². The van der Waals surface area contributed by atoms with Gasteiger partial charge in [0.15, 0.2) is 0 Å². The number of hydrogen-bond acceptors (Lipinski definition) is 4. The molecule has 2 unspecified atom stereocenters. The van der Waals surface area contributed by atoms with Crippen LogP contribution < -0.4 is 5.69 Å². The fourth-order valence-corrected chi connectivity index (χ4v) is 4.83. The Kier molecular flexibility index (Phi) is 7.12. The molecule has 1 aliphatic heterocycles. The standard InChI is InChI=1S/C27H36N4O3/c1-27(2,3)34-26(33)30(19-20-10-6-5-7-11-20)17-15-21-18-22(14-16-29(21)4)31-24-13-9-8-12-23(24)28-25(31)32/h5-13,21-22H,14-19H2,1-4H3,(H,28,32). The van der Waals surface area contributed by atoms with Crippen LogP contribution in [0.2, 0.25) is 0 Å². The molecule has 2 heterocycles. The number of imidazole rings is 1. The van der Waals surface area contributed by atoms with Crippen LogP contribution in [0, 0.1) is 0 Å². The molecule has 0 saturated carbocycles. The summed E-state index contributed by atoms with van der Waals surface area (Å²) in [6.07, 6.45) is 2.32. The lowest BCUT2D eigenvalue weighted by molar-refractivity contribution is 0.0206. The number of likely N-dealkylation sites (tertiary alicyclic amines) is 1. The van der Waals surface area contributed by atoms with Crippen LogP contribution >= 0.6 is 0 Å². The summed E-state index contributed by atoms with van der Waals surface area (Å²) >= 11 is 0. The van der Waals surface area contributed by atoms with Gasteiger partial charge in [-0.1, -0.05) is 42.5 Å². The molecule has 1 N–H and O–H groups in total. The van der Waals surface area contributed by atoms with Crippen molar-refractivity contribution in [2.45, 2.75) is 64.3 Å². The zero-order chi connectivity index (χ0) is 24.3. The number of aromatic amines is 1. The minimum Gasteiger partial charge on any atom is -0.444 e. The lowest BCUT2D eigenvalue weighted by Gasteiger charge is -2.38. The first-order valence-corrected chi connectivity index (χ1v) is 12.1. The molecule has 34 heavy (non-hydrogen) atoms. The second-order valence-corrected chi connectivity index (χ2v) is 10.3. The molecule has 0 spiro atoms. The lowest BCUT2D eigenvalue weighted by atomic mass is 9.94. The van der Waals surface area contributed by atoms with E-state index in [1.807, 2.05) is 79.9 Å². The first kappa shape index (κ1) is 24.1. The summed E-state index contributed by atoms with van der Waals surface area (Å²) in [5, 5.41) is 0. The minimum atomic E-state index is -0.546. The van der Waals surface area contributed by atoms with E-state index in [1.165, 1.54) is 0 Å². The van der Waals surface area contributed by atoms with E-state index in [0.717, 1.165) is 42.4 Å². The average Bonchev–Trinajstić information content (AvgIpc) is 3.13. The highest BCUT2D eigenvalue weighted by molar-refractivity contribution is 5.75. The molecule has 0 bridgehead atoms. The third-order valence-corrected chi connectivity index (χ3v) is 6.57. The summed E-state index contributed by atoms with van der Waals surface area (Å²) in [5.41, 5.74) is 2.32. The van der Waals surface area contributed by atoms with Gasteiger partial charge in [0.25, 0.3) is 0 Å². The van der Waals surface area contributed by atoms with Crippen LogP contribution in [-0.4, -0.2) is 57.2 Å². The maximum absolute atomic E-state index is 13.0. The van der Waals surface area contributed by atoms with Gasteiger partial charge in [-0.2, -0.15) is 0 Å². The van der Waals surface area contributed by atoms with Crippen molar-refractivity contribution in [1.29, 1.82) is 0 Å².